The molecule has 0 radical (unpaired) electrons. The summed E-state index contributed by atoms with van der Waals surface area (Å²) in [6, 6.07) is 2.48. The largest absolute Gasteiger partial charge is 0.271 e. The van der Waals surface area contributed by atoms with E-state index in [0.717, 1.165) is 25.1 Å². The van der Waals surface area contributed by atoms with E-state index in [2.05, 4.69) is 34.3 Å². The summed E-state index contributed by atoms with van der Waals surface area (Å²) >= 11 is 0. The molecule has 4 nitrogen and oxygen atoms in total. The number of nitrogens with one attached hydrogen (secondary N) is 1. The molecule has 0 aromatic carbocycles. The summed E-state index contributed by atoms with van der Waals surface area (Å²) in [5.41, 5.74) is 6.90. The second-order valence-electron chi connectivity index (χ2n) is 5.47. The van der Waals surface area contributed by atoms with Gasteiger partial charge in [-0.15, -0.1) is 0 Å². The topological polar surface area (TPSA) is 55.9 Å². The molecule has 2 rings (SSSR count). The van der Waals surface area contributed by atoms with Crippen molar-refractivity contribution in [3.8, 4) is 0 Å². The van der Waals surface area contributed by atoms with E-state index in [1.54, 1.807) is 5.57 Å². The quantitative estimate of drug-likeness (QED) is 0.470. The Morgan fingerprint density at radius 1 is 1.42 bits per heavy atom. The van der Waals surface area contributed by atoms with Gasteiger partial charge >= 0.3 is 0 Å². The number of rotatable bonds is 6. The average Bonchev–Trinajstić information content (AvgIpc) is 2.79. The van der Waals surface area contributed by atoms with Crippen LogP contribution in [0.3, 0.4) is 0 Å². The molecule has 1 aliphatic carbocycles. The third-order valence-electron chi connectivity index (χ3n) is 3.87. The lowest BCUT2D eigenvalue weighted by atomic mass is 9.93. The summed E-state index contributed by atoms with van der Waals surface area (Å²) in [4.78, 5) is 0. The number of nitrogens with zero attached hydrogens (tertiary/aromatic N) is 2. The third-order valence-corrected chi connectivity index (χ3v) is 3.87. The zero-order valence-corrected chi connectivity index (χ0v) is 12.2. The molecule has 0 aliphatic heterocycles. The Hall–Kier alpha value is -1.13. The van der Waals surface area contributed by atoms with Crippen LogP contribution in [0, 0.1) is 6.92 Å². The SMILES string of the molecule is CCn1nc(C)cc1CC(CC1=CCCCC1)NN. The molecule has 4 heteroatoms. The summed E-state index contributed by atoms with van der Waals surface area (Å²) in [5, 5.41) is 4.50. The van der Waals surface area contributed by atoms with Gasteiger partial charge in [-0.25, -0.2) is 0 Å². The first-order chi connectivity index (χ1) is 9.22. The van der Waals surface area contributed by atoms with Crippen LogP contribution in [0.25, 0.3) is 0 Å². The fraction of sp³-hybridized carbons (Fsp3) is 0.667. The number of hydrazine groups is 1. The first-order valence-corrected chi connectivity index (χ1v) is 7.40. The second-order valence-corrected chi connectivity index (χ2v) is 5.47. The summed E-state index contributed by atoms with van der Waals surface area (Å²) in [5.74, 6) is 5.73. The molecule has 1 unspecified atom stereocenters. The van der Waals surface area contributed by atoms with Crippen LogP contribution >= 0.6 is 0 Å². The van der Waals surface area contributed by atoms with Gasteiger partial charge in [0.2, 0.25) is 0 Å². The van der Waals surface area contributed by atoms with Crippen LogP contribution in [-0.4, -0.2) is 15.8 Å². The molecule has 0 spiro atoms. The fourth-order valence-corrected chi connectivity index (χ4v) is 2.89. The monoisotopic (exact) mass is 262 g/mol. The van der Waals surface area contributed by atoms with E-state index in [-0.39, 0.29) is 0 Å². The van der Waals surface area contributed by atoms with Gasteiger partial charge in [0.05, 0.1) is 5.69 Å². The van der Waals surface area contributed by atoms with Crippen molar-refractivity contribution in [1.82, 2.24) is 15.2 Å². The number of nitrogens with two attached hydrogens (primary N) is 1. The first-order valence-electron chi connectivity index (χ1n) is 7.40. The summed E-state index contributed by atoms with van der Waals surface area (Å²) in [6.07, 6.45) is 9.55. The number of allylic oxidation sites excluding steroid dienone is 1. The molecule has 0 amide bonds. The molecule has 0 fully saturated rings. The smallest absolute Gasteiger partial charge is 0.0596 e. The molecular weight excluding hydrogens is 236 g/mol. The van der Waals surface area contributed by atoms with Gasteiger partial charge in [-0.05, 0) is 52.0 Å². The van der Waals surface area contributed by atoms with Crippen molar-refractivity contribution in [2.45, 2.75) is 65.0 Å². The highest BCUT2D eigenvalue weighted by molar-refractivity contribution is 5.13. The van der Waals surface area contributed by atoms with Crippen LogP contribution in [0.1, 0.15) is 50.4 Å². The minimum absolute atomic E-state index is 0.311. The molecule has 1 heterocycles. The number of aromatic nitrogens is 2. The van der Waals surface area contributed by atoms with Crippen LogP contribution in [0.15, 0.2) is 17.7 Å². The normalized spacial score (nSPS) is 17.3. The molecule has 1 aliphatic rings. The molecule has 1 aromatic heterocycles. The van der Waals surface area contributed by atoms with Gasteiger partial charge in [0, 0.05) is 24.7 Å². The fourth-order valence-electron chi connectivity index (χ4n) is 2.89. The Labute approximate surface area is 116 Å². The first kappa shape index (κ1) is 14.3. The molecule has 3 N–H and O–H groups in total. The molecule has 0 saturated carbocycles. The molecule has 1 aromatic rings. The number of hydrogen-bond acceptors (Lipinski definition) is 3. The van der Waals surface area contributed by atoms with E-state index in [1.807, 2.05) is 6.92 Å². The van der Waals surface area contributed by atoms with E-state index in [9.17, 15) is 0 Å². The van der Waals surface area contributed by atoms with Gasteiger partial charge in [-0.2, -0.15) is 5.10 Å². The maximum Gasteiger partial charge on any atom is 0.0596 e. The van der Waals surface area contributed by atoms with Gasteiger partial charge in [0.25, 0.3) is 0 Å². The van der Waals surface area contributed by atoms with E-state index in [1.165, 1.54) is 31.4 Å². The minimum atomic E-state index is 0.311. The number of aryl methyl sites for hydroxylation is 2. The van der Waals surface area contributed by atoms with Crippen LogP contribution in [0.2, 0.25) is 0 Å². The second kappa shape index (κ2) is 6.87. The minimum Gasteiger partial charge on any atom is -0.271 e. The molecule has 19 heavy (non-hydrogen) atoms. The van der Waals surface area contributed by atoms with Crippen molar-refractivity contribution < 1.29 is 0 Å². The predicted molar refractivity (Wildman–Crippen MR) is 78.6 cm³/mol. The maximum absolute atomic E-state index is 5.73. The lowest BCUT2D eigenvalue weighted by Crippen LogP contribution is -2.37. The van der Waals surface area contributed by atoms with Crippen LogP contribution in [0.5, 0.6) is 0 Å². The summed E-state index contributed by atoms with van der Waals surface area (Å²) < 4.78 is 2.08. The summed E-state index contributed by atoms with van der Waals surface area (Å²) in [6.45, 7) is 5.10. The third kappa shape index (κ3) is 3.91. The highest BCUT2D eigenvalue weighted by Gasteiger charge is 2.15. The summed E-state index contributed by atoms with van der Waals surface area (Å²) in [7, 11) is 0. The standard InChI is InChI=1S/C15H26N4/c1-3-19-15(9-12(2)18-19)11-14(17-16)10-13-7-5-4-6-8-13/h7,9,14,17H,3-6,8,10-11,16H2,1-2H3. The molecular formula is C15H26N4. The van der Waals surface area contributed by atoms with Gasteiger partial charge in [0.1, 0.15) is 0 Å². The molecule has 1 atom stereocenters. The van der Waals surface area contributed by atoms with Crippen molar-refractivity contribution in [2.24, 2.45) is 5.84 Å². The van der Waals surface area contributed by atoms with E-state index >= 15 is 0 Å². The van der Waals surface area contributed by atoms with Gasteiger partial charge in [-0.1, -0.05) is 11.6 Å². The molecule has 0 bridgehead atoms. The van der Waals surface area contributed by atoms with Crippen molar-refractivity contribution >= 4 is 0 Å². The average molecular weight is 262 g/mol. The highest BCUT2D eigenvalue weighted by Crippen LogP contribution is 2.22. The zero-order chi connectivity index (χ0) is 13.7. The molecule has 106 valence electrons. The van der Waals surface area contributed by atoms with Crippen LogP contribution in [0.4, 0.5) is 0 Å². The van der Waals surface area contributed by atoms with E-state index in [4.69, 9.17) is 5.84 Å². The molecule has 0 saturated heterocycles. The highest BCUT2D eigenvalue weighted by atomic mass is 15.3. The maximum atomic E-state index is 5.73. The lowest BCUT2D eigenvalue weighted by molar-refractivity contribution is 0.483. The number of hydrogen-bond donors (Lipinski definition) is 2. The van der Waals surface area contributed by atoms with Crippen LogP contribution < -0.4 is 11.3 Å². The lowest BCUT2D eigenvalue weighted by Gasteiger charge is -2.20. The van der Waals surface area contributed by atoms with Crippen molar-refractivity contribution in [3.05, 3.63) is 29.1 Å². The van der Waals surface area contributed by atoms with Gasteiger partial charge in [0.15, 0.2) is 0 Å². The Balaban J connectivity index is 1.99. The van der Waals surface area contributed by atoms with E-state index < -0.39 is 0 Å². The Morgan fingerprint density at radius 2 is 2.26 bits per heavy atom. The van der Waals surface area contributed by atoms with Crippen molar-refractivity contribution in [1.29, 1.82) is 0 Å². The Bertz CT molecular complexity index is 433. The Morgan fingerprint density at radius 3 is 2.89 bits per heavy atom. The predicted octanol–water partition coefficient (Wildman–Crippen LogP) is 2.48. The zero-order valence-electron chi connectivity index (χ0n) is 12.2. The Kier molecular flexibility index (Phi) is 5.16. The van der Waals surface area contributed by atoms with Gasteiger partial charge < -0.3 is 0 Å². The van der Waals surface area contributed by atoms with Gasteiger partial charge in [-0.3, -0.25) is 16.0 Å². The van der Waals surface area contributed by atoms with Crippen molar-refractivity contribution in [3.63, 3.8) is 0 Å². The van der Waals surface area contributed by atoms with E-state index in [0.29, 0.717) is 6.04 Å². The van der Waals surface area contributed by atoms with Crippen molar-refractivity contribution in [2.75, 3.05) is 0 Å². The van der Waals surface area contributed by atoms with Crippen LogP contribution in [-0.2, 0) is 13.0 Å².